The van der Waals surface area contributed by atoms with E-state index in [-0.39, 0.29) is 24.6 Å². The second-order valence-corrected chi connectivity index (χ2v) is 8.03. The monoisotopic (exact) mass is 474 g/mol. The van der Waals surface area contributed by atoms with Crippen LogP contribution in [0, 0.1) is 5.82 Å². The maximum Gasteiger partial charge on any atom is 0.411 e. The molecule has 0 aliphatic heterocycles. The largest absolute Gasteiger partial charge is 0.480 e. The molecule has 4 rings (SSSR count). The molecule has 0 aromatic heterocycles. The Kier molecular flexibility index (Phi) is 6.91. The van der Waals surface area contributed by atoms with Gasteiger partial charge in [0.05, 0.1) is 5.56 Å². The van der Waals surface area contributed by atoms with Crippen LogP contribution in [0.1, 0.15) is 33.8 Å². The Hall–Kier alpha value is -4.46. The molecule has 0 saturated carbocycles. The zero-order chi connectivity index (χ0) is 24.9. The van der Waals surface area contributed by atoms with Gasteiger partial charge in [-0.15, -0.1) is 6.58 Å². The molecular formula is C27H23FN2O5. The highest BCUT2D eigenvalue weighted by Crippen LogP contribution is 2.44. The SMILES string of the molecule is C=CCC(NC(=O)c1cc(NC(=O)OCC2c3ccccc3-c3ccccc32)ccc1F)C(=O)O. The van der Waals surface area contributed by atoms with Crippen molar-refractivity contribution in [1.82, 2.24) is 5.32 Å². The number of anilines is 1. The number of aliphatic carboxylic acids is 1. The van der Waals surface area contributed by atoms with E-state index in [2.05, 4.69) is 17.2 Å². The second-order valence-electron chi connectivity index (χ2n) is 8.03. The Bertz CT molecular complexity index is 1260. The van der Waals surface area contributed by atoms with Crippen molar-refractivity contribution in [3.8, 4) is 11.1 Å². The van der Waals surface area contributed by atoms with Crippen LogP contribution >= 0.6 is 0 Å². The van der Waals surface area contributed by atoms with Crippen LogP contribution in [0.3, 0.4) is 0 Å². The number of benzene rings is 3. The van der Waals surface area contributed by atoms with Gasteiger partial charge >= 0.3 is 12.1 Å². The molecule has 7 nitrogen and oxygen atoms in total. The van der Waals surface area contributed by atoms with Gasteiger partial charge in [-0.25, -0.2) is 14.0 Å². The normalized spacial score (nSPS) is 12.7. The van der Waals surface area contributed by atoms with Crippen LogP contribution in [0.4, 0.5) is 14.9 Å². The van der Waals surface area contributed by atoms with Crippen molar-refractivity contribution in [3.63, 3.8) is 0 Å². The van der Waals surface area contributed by atoms with Gasteiger partial charge in [0.1, 0.15) is 18.5 Å². The van der Waals surface area contributed by atoms with Gasteiger partial charge in [-0.1, -0.05) is 54.6 Å². The summed E-state index contributed by atoms with van der Waals surface area (Å²) in [5.74, 6) is -3.18. The summed E-state index contributed by atoms with van der Waals surface area (Å²) in [4.78, 5) is 36.2. The predicted octanol–water partition coefficient (Wildman–Crippen LogP) is 4.95. The van der Waals surface area contributed by atoms with E-state index in [9.17, 15) is 23.9 Å². The standard InChI is InChI=1S/C27H23FN2O5/c1-2-7-24(26(32)33)30-25(31)21-14-16(12-13-23(21)28)29-27(34)35-15-22-19-10-5-3-8-17(19)18-9-4-6-11-20(18)22/h2-6,8-14,22,24H,1,7,15H2,(H,29,34)(H,30,31)(H,32,33). The van der Waals surface area contributed by atoms with Crippen molar-refractivity contribution in [1.29, 1.82) is 0 Å². The van der Waals surface area contributed by atoms with E-state index in [4.69, 9.17) is 4.74 Å². The number of carbonyl (C=O) groups is 3. The second kappa shape index (κ2) is 10.2. The number of carbonyl (C=O) groups excluding carboxylic acids is 2. The first-order chi connectivity index (χ1) is 16.9. The van der Waals surface area contributed by atoms with Gasteiger partial charge in [-0.3, -0.25) is 10.1 Å². The highest BCUT2D eigenvalue weighted by molar-refractivity contribution is 5.98. The van der Waals surface area contributed by atoms with E-state index in [1.807, 2.05) is 48.5 Å². The molecular weight excluding hydrogens is 451 g/mol. The molecule has 2 amide bonds. The molecule has 0 radical (unpaired) electrons. The predicted molar refractivity (Wildman–Crippen MR) is 129 cm³/mol. The first-order valence-corrected chi connectivity index (χ1v) is 10.9. The fourth-order valence-electron chi connectivity index (χ4n) is 4.15. The third kappa shape index (κ3) is 5.06. The zero-order valence-corrected chi connectivity index (χ0v) is 18.7. The molecule has 8 heteroatoms. The van der Waals surface area contributed by atoms with Crippen LogP contribution in [0.2, 0.25) is 0 Å². The number of fused-ring (bicyclic) bond motifs is 3. The van der Waals surface area contributed by atoms with E-state index < -0.39 is 35.4 Å². The van der Waals surface area contributed by atoms with Gasteiger partial charge in [0.2, 0.25) is 0 Å². The molecule has 3 N–H and O–H groups in total. The molecule has 178 valence electrons. The Morgan fingerprint density at radius 1 is 1.03 bits per heavy atom. The first-order valence-electron chi connectivity index (χ1n) is 10.9. The summed E-state index contributed by atoms with van der Waals surface area (Å²) in [6.07, 6.45) is 0.546. The van der Waals surface area contributed by atoms with E-state index in [1.54, 1.807) is 0 Å². The molecule has 1 atom stereocenters. The van der Waals surface area contributed by atoms with Crippen molar-refractivity contribution in [3.05, 3.63) is 102 Å². The van der Waals surface area contributed by atoms with Crippen LogP contribution < -0.4 is 10.6 Å². The van der Waals surface area contributed by atoms with Crippen molar-refractivity contribution in [2.75, 3.05) is 11.9 Å². The van der Waals surface area contributed by atoms with Crippen LogP contribution in [0.15, 0.2) is 79.4 Å². The van der Waals surface area contributed by atoms with E-state index in [0.717, 1.165) is 34.4 Å². The highest BCUT2D eigenvalue weighted by atomic mass is 19.1. The molecule has 1 unspecified atom stereocenters. The zero-order valence-electron chi connectivity index (χ0n) is 18.7. The molecule has 3 aromatic rings. The minimum absolute atomic E-state index is 0.0274. The number of carboxylic acid groups (broad SMARTS) is 1. The lowest BCUT2D eigenvalue weighted by molar-refractivity contribution is -0.139. The Morgan fingerprint density at radius 2 is 1.66 bits per heavy atom. The van der Waals surface area contributed by atoms with E-state index >= 15 is 0 Å². The van der Waals surface area contributed by atoms with Crippen LogP contribution in [-0.4, -0.2) is 35.7 Å². The van der Waals surface area contributed by atoms with Crippen molar-refractivity contribution in [2.45, 2.75) is 18.4 Å². The average molecular weight is 474 g/mol. The number of rotatable bonds is 8. The number of amides is 2. The minimum Gasteiger partial charge on any atom is -0.480 e. The molecule has 0 saturated heterocycles. The number of carboxylic acids is 1. The first kappa shape index (κ1) is 23.7. The highest BCUT2D eigenvalue weighted by Gasteiger charge is 2.29. The van der Waals surface area contributed by atoms with Crippen molar-refractivity contribution < 1.29 is 28.6 Å². The molecule has 0 heterocycles. The fraction of sp³-hybridized carbons (Fsp3) is 0.148. The van der Waals surface area contributed by atoms with Crippen molar-refractivity contribution in [2.24, 2.45) is 0 Å². The minimum atomic E-state index is -1.27. The summed E-state index contributed by atoms with van der Waals surface area (Å²) in [6, 6.07) is 18.0. The lowest BCUT2D eigenvalue weighted by atomic mass is 9.98. The Morgan fingerprint density at radius 3 is 2.26 bits per heavy atom. The van der Waals surface area contributed by atoms with Crippen LogP contribution in [0.5, 0.6) is 0 Å². The average Bonchev–Trinajstić information content (AvgIpc) is 3.17. The summed E-state index contributed by atoms with van der Waals surface area (Å²) < 4.78 is 19.7. The van der Waals surface area contributed by atoms with Crippen molar-refractivity contribution >= 4 is 23.7 Å². The summed E-state index contributed by atoms with van der Waals surface area (Å²) in [5.41, 5.74) is 4.05. The van der Waals surface area contributed by atoms with E-state index in [0.29, 0.717) is 0 Å². The van der Waals surface area contributed by atoms with Gasteiger partial charge in [0.25, 0.3) is 5.91 Å². The lowest BCUT2D eigenvalue weighted by Gasteiger charge is -2.15. The number of hydrogen-bond acceptors (Lipinski definition) is 4. The lowest BCUT2D eigenvalue weighted by Crippen LogP contribution is -2.40. The number of ether oxygens (including phenoxy) is 1. The molecule has 0 spiro atoms. The van der Waals surface area contributed by atoms with Gasteiger partial charge in [-0.2, -0.15) is 0 Å². The Balaban J connectivity index is 1.43. The third-order valence-corrected chi connectivity index (χ3v) is 5.81. The van der Waals surface area contributed by atoms with E-state index in [1.165, 1.54) is 12.1 Å². The van der Waals surface area contributed by atoms with Gasteiger partial charge in [-0.05, 0) is 46.9 Å². The van der Waals surface area contributed by atoms with Gasteiger partial charge < -0.3 is 15.2 Å². The molecule has 1 aliphatic carbocycles. The maximum absolute atomic E-state index is 14.3. The molecule has 35 heavy (non-hydrogen) atoms. The third-order valence-electron chi connectivity index (χ3n) is 5.81. The quantitative estimate of drug-likeness (QED) is 0.401. The Labute approximate surface area is 201 Å². The molecule has 0 fully saturated rings. The topological polar surface area (TPSA) is 105 Å². The van der Waals surface area contributed by atoms with Gasteiger partial charge in [0, 0.05) is 11.6 Å². The number of hydrogen-bond donors (Lipinski definition) is 3. The summed E-state index contributed by atoms with van der Waals surface area (Å²) in [5, 5.41) is 13.9. The molecule has 0 bridgehead atoms. The summed E-state index contributed by atoms with van der Waals surface area (Å²) >= 11 is 0. The molecule has 3 aromatic carbocycles. The fourth-order valence-corrected chi connectivity index (χ4v) is 4.15. The van der Waals surface area contributed by atoms with Gasteiger partial charge in [0.15, 0.2) is 0 Å². The maximum atomic E-state index is 14.3. The summed E-state index contributed by atoms with van der Waals surface area (Å²) in [6.45, 7) is 3.54. The number of halogens is 1. The van der Waals surface area contributed by atoms with Crippen LogP contribution in [0.25, 0.3) is 11.1 Å². The molecule has 1 aliphatic rings. The summed E-state index contributed by atoms with van der Waals surface area (Å²) in [7, 11) is 0. The van der Waals surface area contributed by atoms with Crippen LogP contribution in [-0.2, 0) is 9.53 Å². The smallest absolute Gasteiger partial charge is 0.411 e. The number of nitrogens with one attached hydrogen (secondary N) is 2.